The van der Waals surface area contributed by atoms with Gasteiger partial charge in [-0.25, -0.2) is 4.98 Å². The topological polar surface area (TPSA) is 67.0 Å². The third-order valence-corrected chi connectivity index (χ3v) is 3.67. The SMILES string of the molecule is O=c1[nH]cnc(NCCC2CCOC2)c1I. The molecule has 1 atom stereocenters. The van der Waals surface area contributed by atoms with Crippen molar-refractivity contribution in [3.05, 3.63) is 20.3 Å². The standard InChI is InChI=1S/C10H14IN3O2/c11-8-9(13-6-14-10(8)15)12-3-1-7-2-4-16-5-7/h6-7H,1-5H2,(H2,12,13,14,15). The Morgan fingerprint density at radius 2 is 2.56 bits per heavy atom. The van der Waals surface area contributed by atoms with E-state index in [1.807, 2.05) is 22.6 Å². The van der Waals surface area contributed by atoms with E-state index < -0.39 is 0 Å². The molecule has 0 amide bonds. The van der Waals surface area contributed by atoms with Gasteiger partial charge in [-0.3, -0.25) is 4.79 Å². The molecule has 0 aliphatic carbocycles. The molecule has 0 aromatic carbocycles. The van der Waals surface area contributed by atoms with Gasteiger partial charge in [-0.15, -0.1) is 0 Å². The summed E-state index contributed by atoms with van der Waals surface area (Å²) in [6, 6.07) is 0. The molecule has 0 bridgehead atoms. The van der Waals surface area contributed by atoms with Gasteiger partial charge in [-0.05, 0) is 41.4 Å². The Bertz CT molecular complexity index is 401. The summed E-state index contributed by atoms with van der Waals surface area (Å²) in [7, 11) is 0. The van der Waals surface area contributed by atoms with Crippen molar-refractivity contribution < 1.29 is 4.74 Å². The highest BCUT2D eigenvalue weighted by Crippen LogP contribution is 2.16. The van der Waals surface area contributed by atoms with E-state index in [-0.39, 0.29) is 5.56 Å². The van der Waals surface area contributed by atoms with Crippen LogP contribution in [0, 0.1) is 9.49 Å². The zero-order chi connectivity index (χ0) is 11.4. The van der Waals surface area contributed by atoms with E-state index in [9.17, 15) is 4.79 Å². The highest BCUT2D eigenvalue weighted by atomic mass is 127. The molecule has 1 aromatic heterocycles. The van der Waals surface area contributed by atoms with Crippen molar-refractivity contribution in [3.8, 4) is 0 Å². The molecule has 1 aliphatic rings. The van der Waals surface area contributed by atoms with Crippen molar-refractivity contribution in [2.75, 3.05) is 25.1 Å². The molecule has 0 spiro atoms. The van der Waals surface area contributed by atoms with Gasteiger partial charge in [-0.1, -0.05) is 0 Å². The predicted octanol–water partition coefficient (Wildman–Crippen LogP) is 1.21. The number of nitrogens with zero attached hydrogens (tertiary/aromatic N) is 1. The average molecular weight is 335 g/mol. The zero-order valence-electron chi connectivity index (χ0n) is 8.83. The third-order valence-electron chi connectivity index (χ3n) is 2.67. The van der Waals surface area contributed by atoms with Gasteiger partial charge >= 0.3 is 0 Å². The molecule has 6 heteroatoms. The second kappa shape index (κ2) is 5.62. The first kappa shape index (κ1) is 11.8. The van der Waals surface area contributed by atoms with Gasteiger partial charge in [0, 0.05) is 19.8 Å². The molecule has 2 rings (SSSR count). The second-order valence-corrected chi connectivity index (χ2v) is 4.92. The number of hydrogen-bond donors (Lipinski definition) is 2. The van der Waals surface area contributed by atoms with Gasteiger partial charge in [0.1, 0.15) is 9.39 Å². The molecule has 0 saturated carbocycles. The Labute approximate surface area is 107 Å². The van der Waals surface area contributed by atoms with Crippen molar-refractivity contribution in [3.63, 3.8) is 0 Å². The lowest BCUT2D eigenvalue weighted by atomic mass is 10.1. The van der Waals surface area contributed by atoms with E-state index in [1.54, 1.807) is 0 Å². The zero-order valence-corrected chi connectivity index (χ0v) is 11.0. The van der Waals surface area contributed by atoms with Crippen LogP contribution in [0.4, 0.5) is 5.82 Å². The maximum absolute atomic E-state index is 11.3. The van der Waals surface area contributed by atoms with E-state index in [4.69, 9.17) is 4.74 Å². The van der Waals surface area contributed by atoms with Gasteiger partial charge in [0.25, 0.3) is 5.56 Å². The maximum Gasteiger partial charge on any atom is 0.266 e. The van der Waals surface area contributed by atoms with Crippen LogP contribution in [0.3, 0.4) is 0 Å². The molecule has 16 heavy (non-hydrogen) atoms. The Morgan fingerprint density at radius 1 is 1.69 bits per heavy atom. The highest BCUT2D eigenvalue weighted by molar-refractivity contribution is 14.1. The Balaban J connectivity index is 1.84. The summed E-state index contributed by atoms with van der Waals surface area (Å²) in [4.78, 5) is 17.9. The largest absolute Gasteiger partial charge is 0.381 e. The molecule has 5 nitrogen and oxygen atoms in total. The number of halogens is 1. The molecule has 0 radical (unpaired) electrons. The van der Waals surface area contributed by atoms with E-state index in [0.29, 0.717) is 15.3 Å². The van der Waals surface area contributed by atoms with Gasteiger partial charge in [-0.2, -0.15) is 0 Å². The average Bonchev–Trinajstić information content (AvgIpc) is 2.77. The Morgan fingerprint density at radius 3 is 3.31 bits per heavy atom. The van der Waals surface area contributed by atoms with Crippen LogP contribution >= 0.6 is 22.6 Å². The number of hydrogen-bond acceptors (Lipinski definition) is 4. The lowest BCUT2D eigenvalue weighted by Crippen LogP contribution is -2.16. The number of anilines is 1. The molecule has 2 N–H and O–H groups in total. The lowest BCUT2D eigenvalue weighted by molar-refractivity contribution is 0.185. The summed E-state index contributed by atoms with van der Waals surface area (Å²) in [5, 5.41) is 3.19. The summed E-state index contributed by atoms with van der Waals surface area (Å²) in [5.74, 6) is 1.32. The van der Waals surface area contributed by atoms with Gasteiger partial charge in [0.2, 0.25) is 0 Å². The maximum atomic E-state index is 11.3. The van der Waals surface area contributed by atoms with Crippen molar-refractivity contribution in [1.82, 2.24) is 9.97 Å². The molecular weight excluding hydrogens is 321 g/mol. The molecule has 88 valence electrons. The van der Waals surface area contributed by atoms with Crippen LogP contribution in [0.15, 0.2) is 11.1 Å². The minimum absolute atomic E-state index is 0.0951. The summed E-state index contributed by atoms with van der Waals surface area (Å²) in [5.41, 5.74) is -0.0951. The van der Waals surface area contributed by atoms with Gasteiger partial charge in [0.15, 0.2) is 0 Å². The van der Waals surface area contributed by atoms with E-state index in [1.165, 1.54) is 6.33 Å². The van der Waals surface area contributed by atoms with Crippen molar-refractivity contribution in [2.45, 2.75) is 12.8 Å². The van der Waals surface area contributed by atoms with Gasteiger partial charge in [0.05, 0.1) is 6.33 Å². The predicted molar refractivity (Wildman–Crippen MR) is 69.6 cm³/mol. The van der Waals surface area contributed by atoms with Crippen molar-refractivity contribution in [2.24, 2.45) is 5.92 Å². The van der Waals surface area contributed by atoms with Crippen LogP contribution in [-0.4, -0.2) is 29.7 Å². The van der Waals surface area contributed by atoms with Crippen molar-refractivity contribution >= 4 is 28.4 Å². The smallest absolute Gasteiger partial charge is 0.266 e. The monoisotopic (exact) mass is 335 g/mol. The van der Waals surface area contributed by atoms with Crippen LogP contribution in [0.1, 0.15) is 12.8 Å². The normalized spacial score (nSPS) is 19.9. The molecule has 1 aliphatic heterocycles. The van der Waals surface area contributed by atoms with Crippen LogP contribution < -0.4 is 10.9 Å². The fraction of sp³-hybridized carbons (Fsp3) is 0.600. The van der Waals surface area contributed by atoms with Crippen LogP contribution in [0.5, 0.6) is 0 Å². The Hall–Kier alpha value is -0.630. The minimum atomic E-state index is -0.0951. The van der Waals surface area contributed by atoms with Crippen LogP contribution in [0.25, 0.3) is 0 Å². The van der Waals surface area contributed by atoms with E-state index in [0.717, 1.165) is 32.6 Å². The molecule has 1 unspecified atom stereocenters. The summed E-state index contributed by atoms with van der Waals surface area (Å²) in [6.07, 6.45) is 3.62. The first-order valence-corrected chi connectivity index (χ1v) is 6.40. The fourth-order valence-electron chi connectivity index (χ4n) is 1.71. The third kappa shape index (κ3) is 2.94. The fourth-order valence-corrected chi connectivity index (χ4v) is 2.20. The minimum Gasteiger partial charge on any atom is -0.381 e. The lowest BCUT2D eigenvalue weighted by Gasteiger charge is -2.09. The molecule has 1 saturated heterocycles. The van der Waals surface area contributed by atoms with Crippen LogP contribution in [0.2, 0.25) is 0 Å². The summed E-state index contributed by atoms with van der Waals surface area (Å²) >= 11 is 2.00. The molecule has 1 fully saturated rings. The number of nitrogens with one attached hydrogen (secondary N) is 2. The van der Waals surface area contributed by atoms with Crippen LogP contribution in [-0.2, 0) is 4.74 Å². The number of aromatic nitrogens is 2. The van der Waals surface area contributed by atoms with Gasteiger partial charge < -0.3 is 15.0 Å². The number of H-pyrrole nitrogens is 1. The quantitative estimate of drug-likeness (QED) is 0.812. The van der Waals surface area contributed by atoms with E-state index >= 15 is 0 Å². The Kier molecular flexibility index (Phi) is 4.16. The first-order valence-electron chi connectivity index (χ1n) is 5.32. The number of rotatable bonds is 4. The van der Waals surface area contributed by atoms with Crippen molar-refractivity contribution in [1.29, 1.82) is 0 Å². The first-order chi connectivity index (χ1) is 7.77. The highest BCUT2D eigenvalue weighted by Gasteiger charge is 2.15. The number of ether oxygens (including phenoxy) is 1. The molecule has 1 aromatic rings. The summed E-state index contributed by atoms with van der Waals surface area (Å²) in [6.45, 7) is 2.58. The van der Waals surface area contributed by atoms with E-state index in [2.05, 4.69) is 15.3 Å². The second-order valence-electron chi connectivity index (χ2n) is 3.84. The molecule has 2 heterocycles. The summed E-state index contributed by atoms with van der Waals surface area (Å²) < 4.78 is 5.92. The number of aromatic amines is 1. The molecular formula is C10H14IN3O2.